The number of halogens is 1. The molecule has 0 heterocycles. The third kappa shape index (κ3) is 4.93. The molecular weight excluding hydrogens is 217 g/mol. The highest BCUT2D eigenvalue weighted by Gasteiger charge is 2.25. The molecule has 0 spiro atoms. The molecule has 0 amide bonds. The summed E-state index contributed by atoms with van der Waals surface area (Å²) in [7, 11) is -3.17. The second kappa shape index (κ2) is 5.25. The van der Waals surface area contributed by atoms with Crippen LogP contribution in [-0.4, -0.2) is 26.4 Å². The van der Waals surface area contributed by atoms with E-state index in [9.17, 15) is 12.8 Å². The lowest BCUT2D eigenvalue weighted by molar-refractivity contribution is 0.216. The monoisotopic (exact) mass is 237 g/mol. The van der Waals surface area contributed by atoms with Crippen LogP contribution in [0, 0.1) is 5.92 Å². The van der Waals surface area contributed by atoms with Crippen LogP contribution in [-0.2, 0) is 10.0 Å². The standard InChI is InChI=1S/C10H20FNO2S/c1-8(2)12-15(13,14)7-9-3-5-10(11)6-4-9/h8-10,12H,3-7H2,1-2H3. The molecule has 15 heavy (non-hydrogen) atoms. The summed E-state index contributed by atoms with van der Waals surface area (Å²) >= 11 is 0. The molecule has 0 aliphatic heterocycles. The second-order valence-electron chi connectivity index (χ2n) is 4.67. The molecule has 1 aliphatic carbocycles. The van der Waals surface area contributed by atoms with Gasteiger partial charge in [-0.2, -0.15) is 0 Å². The molecule has 0 bridgehead atoms. The SMILES string of the molecule is CC(C)NS(=O)(=O)CC1CCC(F)CC1. The molecular formula is C10H20FNO2S. The van der Waals surface area contributed by atoms with E-state index in [-0.39, 0.29) is 17.7 Å². The van der Waals surface area contributed by atoms with Crippen LogP contribution >= 0.6 is 0 Å². The Morgan fingerprint density at radius 2 is 1.80 bits per heavy atom. The van der Waals surface area contributed by atoms with Crippen molar-refractivity contribution in [1.82, 2.24) is 4.72 Å². The van der Waals surface area contributed by atoms with Crippen molar-refractivity contribution in [3.8, 4) is 0 Å². The van der Waals surface area contributed by atoms with Gasteiger partial charge in [-0.1, -0.05) is 0 Å². The fraction of sp³-hybridized carbons (Fsp3) is 1.00. The summed E-state index contributed by atoms with van der Waals surface area (Å²) in [6, 6.07) is -0.0625. The second-order valence-corrected chi connectivity index (χ2v) is 6.47. The first kappa shape index (κ1) is 12.9. The van der Waals surface area contributed by atoms with Crippen LogP contribution in [0.4, 0.5) is 4.39 Å². The van der Waals surface area contributed by atoms with Gasteiger partial charge in [-0.15, -0.1) is 0 Å². The van der Waals surface area contributed by atoms with E-state index in [0.29, 0.717) is 25.7 Å². The lowest BCUT2D eigenvalue weighted by Gasteiger charge is -2.24. The van der Waals surface area contributed by atoms with Gasteiger partial charge in [-0.3, -0.25) is 0 Å². The maximum Gasteiger partial charge on any atom is 0.212 e. The van der Waals surface area contributed by atoms with Gasteiger partial charge in [-0.25, -0.2) is 17.5 Å². The molecule has 0 aromatic rings. The highest BCUT2D eigenvalue weighted by molar-refractivity contribution is 7.89. The van der Waals surface area contributed by atoms with Crippen molar-refractivity contribution in [3.05, 3.63) is 0 Å². The van der Waals surface area contributed by atoms with Gasteiger partial charge < -0.3 is 0 Å². The largest absolute Gasteiger partial charge is 0.247 e. The van der Waals surface area contributed by atoms with E-state index in [4.69, 9.17) is 0 Å². The number of hydrogen-bond acceptors (Lipinski definition) is 2. The molecule has 0 aromatic heterocycles. The number of hydrogen-bond donors (Lipinski definition) is 1. The van der Waals surface area contributed by atoms with Crippen LogP contribution < -0.4 is 4.72 Å². The third-order valence-corrected chi connectivity index (χ3v) is 4.39. The van der Waals surface area contributed by atoms with Crippen molar-refractivity contribution in [2.24, 2.45) is 5.92 Å². The third-order valence-electron chi connectivity index (χ3n) is 2.65. The Kier molecular flexibility index (Phi) is 4.52. The van der Waals surface area contributed by atoms with Gasteiger partial charge in [0.25, 0.3) is 0 Å². The van der Waals surface area contributed by atoms with E-state index in [1.807, 2.05) is 0 Å². The number of rotatable bonds is 4. The topological polar surface area (TPSA) is 46.2 Å². The first-order valence-corrected chi connectivity index (χ1v) is 7.18. The minimum atomic E-state index is -3.17. The predicted octanol–water partition coefficient (Wildman–Crippen LogP) is 1.84. The van der Waals surface area contributed by atoms with Crippen molar-refractivity contribution in [1.29, 1.82) is 0 Å². The van der Waals surface area contributed by atoms with Crippen molar-refractivity contribution >= 4 is 10.0 Å². The van der Waals surface area contributed by atoms with E-state index < -0.39 is 16.2 Å². The summed E-state index contributed by atoms with van der Waals surface area (Å²) < 4.78 is 38.6. The lowest BCUT2D eigenvalue weighted by atomic mass is 9.90. The molecule has 1 fully saturated rings. The average Bonchev–Trinajstić information content (AvgIpc) is 2.06. The van der Waals surface area contributed by atoms with Crippen molar-refractivity contribution in [3.63, 3.8) is 0 Å². The first-order valence-electron chi connectivity index (χ1n) is 5.53. The summed E-state index contributed by atoms with van der Waals surface area (Å²) in [5.41, 5.74) is 0. The zero-order valence-electron chi connectivity index (χ0n) is 9.37. The van der Waals surface area contributed by atoms with Gasteiger partial charge >= 0.3 is 0 Å². The molecule has 90 valence electrons. The summed E-state index contributed by atoms with van der Waals surface area (Å²) in [6.07, 6.45) is 1.70. The predicted molar refractivity (Wildman–Crippen MR) is 58.9 cm³/mol. The highest BCUT2D eigenvalue weighted by Crippen LogP contribution is 2.27. The van der Waals surface area contributed by atoms with Gasteiger partial charge in [0.1, 0.15) is 6.17 Å². The Hall–Kier alpha value is -0.160. The normalized spacial score (nSPS) is 28.3. The summed E-state index contributed by atoms with van der Waals surface area (Å²) in [5, 5.41) is 0. The van der Waals surface area contributed by atoms with Gasteiger partial charge in [0.05, 0.1) is 5.75 Å². The van der Waals surface area contributed by atoms with E-state index in [1.165, 1.54) is 0 Å². The molecule has 1 aliphatic rings. The molecule has 1 saturated carbocycles. The molecule has 1 N–H and O–H groups in total. The Bertz CT molecular complexity index is 282. The quantitative estimate of drug-likeness (QED) is 0.811. The summed E-state index contributed by atoms with van der Waals surface area (Å²) in [6.45, 7) is 3.60. The molecule has 0 radical (unpaired) electrons. The van der Waals surface area contributed by atoms with Crippen molar-refractivity contribution in [2.45, 2.75) is 51.7 Å². The van der Waals surface area contributed by atoms with E-state index >= 15 is 0 Å². The fourth-order valence-corrected chi connectivity index (χ4v) is 3.77. The minimum Gasteiger partial charge on any atom is -0.247 e. The maximum absolute atomic E-state index is 12.8. The molecule has 3 nitrogen and oxygen atoms in total. The first-order chi connectivity index (χ1) is 6.89. The van der Waals surface area contributed by atoms with Crippen LogP contribution in [0.15, 0.2) is 0 Å². The van der Waals surface area contributed by atoms with Crippen LogP contribution in [0.5, 0.6) is 0 Å². The molecule has 1 rings (SSSR count). The number of sulfonamides is 1. The van der Waals surface area contributed by atoms with Crippen molar-refractivity contribution < 1.29 is 12.8 Å². The average molecular weight is 237 g/mol. The Labute approximate surface area is 91.5 Å². The van der Waals surface area contributed by atoms with Crippen LogP contribution in [0.3, 0.4) is 0 Å². The zero-order valence-corrected chi connectivity index (χ0v) is 10.2. The van der Waals surface area contributed by atoms with Gasteiger partial charge in [0, 0.05) is 6.04 Å². The minimum absolute atomic E-state index is 0.0625. The smallest absolute Gasteiger partial charge is 0.212 e. The zero-order chi connectivity index (χ0) is 11.5. The van der Waals surface area contributed by atoms with E-state index in [2.05, 4.69) is 4.72 Å². The Morgan fingerprint density at radius 3 is 2.27 bits per heavy atom. The van der Waals surface area contributed by atoms with Crippen LogP contribution in [0.2, 0.25) is 0 Å². The Morgan fingerprint density at radius 1 is 1.27 bits per heavy atom. The molecule has 0 aromatic carbocycles. The van der Waals surface area contributed by atoms with Gasteiger partial charge in [0.2, 0.25) is 10.0 Å². The molecule has 5 heteroatoms. The lowest BCUT2D eigenvalue weighted by Crippen LogP contribution is -2.35. The van der Waals surface area contributed by atoms with Crippen LogP contribution in [0.25, 0.3) is 0 Å². The molecule has 0 saturated heterocycles. The summed E-state index contributed by atoms with van der Waals surface area (Å²) in [4.78, 5) is 0. The van der Waals surface area contributed by atoms with Gasteiger partial charge in [-0.05, 0) is 45.4 Å². The maximum atomic E-state index is 12.8. The number of alkyl halides is 1. The highest BCUT2D eigenvalue weighted by atomic mass is 32.2. The molecule has 0 atom stereocenters. The van der Waals surface area contributed by atoms with Gasteiger partial charge in [0.15, 0.2) is 0 Å². The van der Waals surface area contributed by atoms with E-state index in [1.54, 1.807) is 13.8 Å². The molecule has 0 unspecified atom stereocenters. The Balaban J connectivity index is 2.41. The summed E-state index contributed by atoms with van der Waals surface area (Å²) in [5.74, 6) is 0.283. The van der Waals surface area contributed by atoms with E-state index in [0.717, 1.165) is 0 Å². The number of nitrogens with one attached hydrogen (secondary N) is 1. The van der Waals surface area contributed by atoms with Crippen molar-refractivity contribution in [2.75, 3.05) is 5.75 Å². The fourth-order valence-electron chi connectivity index (χ4n) is 2.01. The van der Waals surface area contributed by atoms with Crippen LogP contribution in [0.1, 0.15) is 39.5 Å².